The highest BCUT2D eigenvalue weighted by Crippen LogP contribution is 2.22. The van der Waals surface area contributed by atoms with Crippen LogP contribution in [0, 0.1) is 17.0 Å². The molecular formula is C16H16N2O6S. The predicted molar refractivity (Wildman–Crippen MR) is 89.7 cm³/mol. The van der Waals surface area contributed by atoms with Crippen molar-refractivity contribution in [3.8, 4) is 0 Å². The number of benzene rings is 2. The average molecular weight is 364 g/mol. The number of sulfonamides is 1. The average Bonchev–Trinajstić information content (AvgIpc) is 2.54. The summed E-state index contributed by atoms with van der Waals surface area (Å²) in [6.45, 7) is 1.48. The zero-order valence-corrected chi connectivity index (χ0v) is 14.1. The summed E-state index contributed by atoms with van der Waals surface area (Å²) in [5.41, 5.74) is 0.605. The first-order valence-corrected chi connectivity index (χ1v) is 8.73. The van der Waals surface area contributed by atoms with Crippen LogP contribution >= 0.6 is 0 Å². The minimum absolute atomic E-state index is 0.0522. The Hall–Kier alpha value is -2.78. The van der Waals surface area contributed by atoms with E-state index in [4.69, 9.17) is 0 Å². The van der Waals surface area contributed by atoms with Gasteiger partial charge >= 0.3 is 5.97 Å². The fourth-order valence-electron chi connectivity index (χ4n) is 2.24. The summed E-state index contributed by atoms with van der Waals surface area (Å²) < 4.78 is 26.9. The van der Waals surface area contributed by atoms with Gasteiger partial charge in [-0.25, -0.2) is 8.42 Å². The Morgan fingerprint density at radius 1 is 1.24 bits per heavy atom. The number of carboxylic acid groups (broad SMARTS) is 1. The summed E-state index contributed by atoms with van der Waals surface area (Å²) in [6, 6.07) is 10.6. The fourth-order valence-corrected chi connectivity index (χ4v) is 3.45. The maximum Gasteiger partial charge on any atom is 0.322 e. The molecule has 0 aliphatic heterocycles. The molecule has 0 bridgehead atoms. The molecular weight excluding hydrogens is 348 g/mol. The molecule has 0 radical (unpaired) electrons. The van der Waals surface area contributed by atoms with Crippen molar-refractivity contribution in [3.05, 3.63) is 69.8 Å². The van der Waals surface area contributed by atoms with E-state index in [0.717, 1.165) is 6.07 Å². The van der Waals surface area contributed by atoms with E-state index in [1.165, 1.54) is 19.1 Å². The molecule has 2 rings (SSSR count). The number of carboxylic acids is 1. The maximum absolute atomic E-state index is 12.4. The second kappa shape index (κ2) is 7.41. The van der Waals surface area contributed by atoms with E-state index in [-0.39, 0.29) is 17.0 Å². The Morgan fingerprint density at radius 3 is 2.44 bits per heavy atom. The molecule has 0 spiro atoms. The van der Waals surface area contributed by atoms with Gasteiger partial charge in [0.2, 0.25) is 10.0 Å². The lowest BCUT2D eigenvalue weighted by Crippen LogP contribution is -2.42. The number of carbonyl (C=O) groups is 1. The van der Waals surface area contributed by atoms with Crippen LogP contribution in [0.4, 0.5) is 5.69 Å². The Morgan fingerprint density at radius 2 is 1.88 bits per heavy atom. The molecule has 8 nitrogen and oxygen atoms in total. The molecule has 0 saturated heterocycles. The molecule has 1 atom stereocenters. The molecule has 25 heavy (non-hydrogen) atoms. The van der Waals surface area contributed by atoms with Crippen molar-refractivity contribution < 1.29 is 23.2 Å². The van der Waals surface area contributed by atoms with Crippen LogP contribution in [-0.2, 0) is 21.2 Å². The maximum atomic E-state index is 12.4. The van der Waals surface area contributed by atoms with Crippen molar-refractivity contribution in [2.45, 2.75) is 24.3 Å². The van der Waals surface area contributed by atoms with E-state index in [1.54, 1.807) is 30.3 Å². The standard InChI is InChI=1S/C16H16N2O6S/c1-11-7-8-13(10-15(11)18(21)22)25(23,24)17-14(16(19)20)9-12-5-3-2-4-6-12/h2-8,10,14,17H,9H2,1H3,(H,19,20). The first-order valence-electron chi connectivity index (χ1n) is 7.25. The van der Waals surface area contributed by atoms with Gasteiger partial charge in [0.25, 0.3) is 5.69 Å². The van der Waals surface area contributed by atoms with Gasteiger partial charge < -0.3 is 5.11 Å². The van der Waals surface area contributed by atoms with Gasteiger partial charge in [0.1, 0.15) is 6.04 Å². The molecule has 0 aliphatic rings. The highest BCUT2D eigenvalue weighted by molar-refractivity contribution is 7.89. The van der Waals surface area contributed by atoms with E-state index in [1.807, 2.05) is 0 Å². The molecule has 0 amide bonds. The van der Waals surface area contributed by atoms with Crippen molar-refractivity contribution in [2.24, 2.45) is 0 Å². The van der Waals surface area contributed by atoms with Gasteiger partial charge in [-0.3, -0.25) is 14.9 Å². The normalized spacial score (nSPS) is 12.5. The third-order valence-electron chi connectivity index (χ3n) is 3.57. The van der Waals surface area contributed by atoms with Crippen LogP contribution in [0.2, 0.25) is 0 Å². The highest BCUT2D eigenvalue weighted by atomic mass is 32.2. The van der Waals surface area contributed by atoms with Crippen LogP contribution in [0.15, 0.2) is 53.4 Å². The summed E-state index contributed by atoms with van der Waals surface area (Å²) >= 11 is 0. The first-order chi connectivity index (χ1) is 11.7. The van der Waals surface area contributed by atoms with Crippen LogP contribution in [0.25, 0.3) is 0 Å². The van der Waals surface area contributed by atoms with Crippen LogP contribution in [0.5, 0.6) is 0 Å². The van der Waals surface area contributed by atoms with Gasteiger partial charge in [-0.1, -0.05) is 36.4 Å². The number of nitro groups is 1. The van der Waals surface area contributed by atoms with Crippen molar-refractivity contribution in [1.82, 2.24) is 4.72 Å². The molecule has 0 saturated carbocycles. The highest BCUT2D eigenvalue weighted by Gasteiger charge is 2.27. The number of aryl methyl sites for hydroxylation is 1. The van der Waals surface area contributed by atoms with Gasteiger partial charge in [0.15, 0.2) is 0 Å². The second-order valence-electron chi connectivity index (χ2n) is 5.41. The van der Waals surface area contributed by atoms with Crippen LogP contribution < -0.4 is 4.72 Å². The SMILES string of the molecule is Cc1ccc(S(=O)(=O)NC(Cc2ccccc2)C(=O)O)cc1[N+](=O)[O-]. The lowest BCUT2D eigenvalue weighted by molar-refractivity contribution is -0.385. The van der Waals surface area contributed by atoms with Crippen molar-refractivity contribution in [3.63, 3.8) is 0 Å². The first kappa shape index (κ1) is 18.6. The number of nitro benzene ring substituents is 1. The Bertz CT molecular complexity index is 896. The summed E-state index contributed by atoms with van der Waals surface area (Å²) in [7, 11) is -4.23. The largest absolute Gasteiger partial charge is 0.480 e. The lowest BCUT2D eigenvalue weighted by atomic mass is 10.1. The van der Waals surface area contributed by atoms with Gasteiger partial charge in [0, 0.05) is 11.6 Å². The van der Waals surface area contributed by atoms with Gasteiger partial charge in [-0.2, -0.15) is 4.72 Å². The molecule has 0 aliphatic carbocycles. The molecule has 1 unspecified atom stereocenters. The van der Waals surface area contributed by atoms with Crippen molar-refractivity contribution >= 4 is 21.7 Å². The molecule has 2 N–H and O–H groups in total. The number of hydrogen-bond donors (Lipinski definition) is 2. The van der Waals surface area contributed by atoms with E-state index < -0.39 is 27.0 Å². The summed E-state index contributed by atoms with van der Waals surface area (Å²) in [5.74, 6) is -1.34. The summed E-state index contributed by atoms with van der Waals surface area (Å²) in [4.78, 5) is 21.3. The molecule has 2 aromatic rings. The number of hydrogen-bond acceptors (Lipinski definition) is 5. The van der Waals surface area contributed by atoms with Crippen molar-refractivity contribution in [2.75, 3.05) is 0 Å². The van der Waals surface area contributed by atoms with Gasteiger partial charge in [0.05, 0.1) is 9.82 Å². The Balaban J connectivity index is 2.30. The van der Waals surface area contributed by atoms with Gasteiger partial charge in [-0.05, 0) is 25.0 Å². The monoisotopic (exact) mass is 364 g/mol. The minimum atomic E-state index is -4.23. The molecule has 0 heterocycles. The molecule has 2 aromatic carbocycles. The van der Waals surface area contributed by atoms with E-state index in [0.29, 0.717) is 11.1 Å². The number of nitrogens with one attached hydrogen (secondary N) is 1. The lowest BCUT2D eigenvalue weighted by Gasteiger charge is -2.15. The zero-order valence-electron chi connectivity index (χ0n) is 13.2. The number of nitrogens with zero attached hydrogens (tertiary/aromatic N) is 1. The summed E-state index contributed by atoms with van der Waals surface area (Å²) in [5, 5.41) is 20.3. The molecule has 9 heteroatoms. The molecule has 0 fully saturated rings. The Kier molecular flexibility index (Phi) is 5.50. The molecule has 132 valence electrons. The van der Waals surface area contributed by atoms with Gasteiger partial charge in [-0.15, -0.1) is 0 Å². The van der Waals surface area contributed by atoms with E-state index in [9.17, 15) is 28.4 Å². The molecule has 0 aromatic heterocycles. The zero-order chi connectivity index (χ0) is 18.6. The topological polar surface area (TPSA) is 127 Å². The van der Waals surface area contributed by atoms with Crippen molar-refractivity contribution in [1.29, 1.82) is 0 Å². The van der Waals surface area contributed by atoms with E-state index in [2.05, 4.69) is 4.72 Å². The smallest absolute Gasteiger partial charge is 0.322 e. The van der Waals surface area contributed by atoms with Crippen LogP contribution in [0.1, 0.15) is 11.1 Å². The Labute approximate surface area is 144 Å². The number of aliphatic carboxylic acids is 1. The minimum Gasteiger partial charge on any atom is -0.480 e. The third-order valence-corrected chi connectivity index (χ3v) is 5.04. The summed E-state index contributed by atoms with van der Waals surface area (Å²) in [6.07, 6.45) is -0.0522. The quantitative estimate of drug-likeness (QED) is 0.570. The van der Waals surface area contributed by atoms with E-state index >= 15 is 0 Å². The number of rotatable bonds is 7. The fraction of sp³-hybridized carbons (Fsp3) is 0.188. The second-order valence-corrected chi connectivity index (χ2v) is 7.12. The van der Waals surface area contributed by atoms with Crippen LogP contribution in [-0.4, -0.2) is 30.5 Å². The third kappa shape index (κ3) is 4.61. The predicted octanol–water partition coefficient (Wildman–Crippen LogP) is 1.88. The van der Waals surface area contributed by atoms with Crippen LogP contribution in [0.3, 0.4) is 0 Å².